The molecule has 0 bridgehead atoms. The van der Waals surface area contributed by atoms with Gasteiger partial charge in [-0.15, -0.1) is 0 Å². The average molecular weight is 244 g/mol. The van der Waals surface area contributed by atoms with Crippen LogP contribution in [0.3, 0.4) is 0 Å². The van der Waals surface area contributed by atoms with Crippen molar-refractivity contribution < 1.29 is 0 Å². The number of fused-ring (bicyclic) bond motifs is 1. The van der Waals surface area contributed by atoms with Crippen LogP contribution >= 0.6 is 0 Å². The van der Waals surface area contributed by atoms with Gasteiger partial charge in [-0.2, -0.15) is 0 Å². The number of anilines is 1. The maximum atomic E-state index is 5.73. The van der Waals surface area contributed by atoms with Gasteiger partial charge in [-0.1, -0.05) is 18.6 Å². The Labute approximate surface area is 110 Å². The molecule has 2 atom stereocenters. The minimum atomic E-state index is 0.868. The maximum Gasteiger partial charge on any atom is 0.0314 e. The normalized spacial score (nSPS) is 28.2. The van der Waals surface area contributed by atoms with E-state index >= 15 is 0 Å². The molecule has 0 amide bonds. The van der Waals surface area contributed by atoms with Gasteiger partial charge in [-0.05, 0) is 62.3 Å². The molecule has 0 spiro atoms. The average Bonchev–Trinajstić information content (AvgIpc) is 2.87. The van der Waals surface area contributed by atoms with Gasteiger partial charge in [-0.3, -0.25) is 4.90 Å². The van der Waals surface area contributed by atoms with Crippen molar-refractivity contribution in [3.8, 4) is 0 Å². The summed E-state index contributed by atoms with van der Waals surface area (Å²) >= 11 is 0. The van der Waals surface area contributed by atoms with Crippen molar-refractivity contribution in [2.75, 3.05) is 18.8 Å². The molecule has 3 rings (SSSR count). The van der Waals surface area contributed by atoms with Crippen molar-refractivity contribution >= 4 is 5.69 Å². The minimum Gasteiger partial charge on any atom is -0.399 e. The lowest BCUT2D eigenvalue weighted by Gasteiger charge is -2.37. The zero-order valence-corrected chi connectivity index (χ0v) is 11.1. The van der Waals surface area contributed by atoms with E-state index in [1.165, 1.54) is 57.2 Å². The van der Waals surface area contributed by atoms with Crippen molar-refractivity contribution in [1.29, 1.82) is 0 Å². The molecule has 1 saturated heterocycles. The van der Waals surface area contributed by atoms with E-state index in [4.69, 9.17) is 5.73 Å². The Balaban J connectivity index is 1.57. The molecule has 1 aliphatic carbocycles. The number of hydrogen-bond donors (Lipinski definition) is 1. The van der Waals surface area contributed by atoms with Crippen LogP contribution in [0.25, 0.3) is 0 Å². The van der Waals surface area contributed by atoms with Crippen molar-refractivity contribution in [1.82, 2.24) is 4.90 Å². The van der Waals surface area contributed by atoms with E-state index in [1.54, 1.807) is 0 Å². The second kappa shape index (κ2) is 5.31. The molecule has 2 N–H and O–H groups in total. The predicted octanol–water partition coefficient (Wildman–Crippen LogP) is 3.08. The van der Waals surface area contributed by atoms with Crippen LogP contribution in [-0.2, 0) is 6.42 Å². The smallest absolute Gasteiger partial charge is 0.0314 e. The van der Waals surface area contributed by atoms with Gasteiger partial charge in [0.2, 0.25) is 0 Å². The van der Waals surface area contributed by atoms with Gasteiger partial charge >= 0.3 is 0 Å². The van der Waals surface area contributed by atoms with Gasteiger partial charge in [-0.25, -0.2) is 0 Å². The SMILES string of the molecule is Nc1ccc(CCN2CCCC3CCCC32)cc1. The van der Waals surface area contributed by atoms with Crippen LogP contribution in [0.5, 0.6) is 0 Å². The van der Waals surface area contributed by atoms with E-state index < -0.39 is 0 Å². The Kier molecular flexibility index (Phi) is 3.55. The Morgan fingerprint density at radius 1 is 1.06 bits per heavy atom. The first-order valence-electron chi connectivity index (χ1n) is 7.41. The third kappa shape index (κ3) is 2.54. The number of hydrogen-bond acceptors (Lipinski definition) is 2. The number of nitrogen functional groups attached to an aromatic ring is 1. The van der Waals surface area contributed by atoms with E-state index in [2.05, 4.69) is 17.0 Å². The summed E-state index contributed by atoms with van der Waals surface area (Å²) in [6.45, 7) is 2.54. The zero-order valence-electron chi connectivity index (χ0n) is 11.1. The van der Waals surface area contributed by atoms with E-state index in [-0.39, 0.29) is 0 Å². The van der Waals surface area contributed by atoms with Gasteiger partial charge in [0.25, 0.3) is 0 Å². The van der Waals surface area contributed by atoms with E-state index in [1.807, 2.05) is 12.1 Å². The van der Waals surface area contributed by atoms with Crippen LogP contribution in [-0.4, -0.2) is 24.0 Å². The van der Waals surface area contributed by atoms with E-state index in [0.29, 0.717) is 0 Å². The lowest BCUT2D eigenvalue weighted by molar-refractivity contribution is 0.115. The van der Waals surface area contributed by atoms with Crippen LogP contribution in [0.2, 0.25) is 0 Å². The fraction of sp³-hybridized carbons (Fsp3) is 0.625. The van der Waals surface area contributed by atoms with Gasteiger partial charge < -0.3 is 5.73 Å². The number of rotatable bonds is 3. The summed E-state index contributed by atoms with van der Waals surface area (Å²) in [7, 11) is 0. The highest BCUT2D eigenvalue weighted by Crippen LogP contribution is 2.36. The third-order valence-corrected chi connectivity index (χ3v) is 4.78. The molecule has 2 aliphatic rings. The standard InChI is InChI=1S/C16H24N2/c17-15-8-6-13(7-9-15)10-12-18-11-2-4-14-3-1-5-16(14)18/h6-9,14,16H,1-5,10-12,17H2. The molecular weight excluding hydrogens is 220 g/mol. The number of likely N-dealkylation sites (tertiary alicyclic amines) is 1. The van der Waals surface area contributed by atoms with Crippen LogP contribution in [0, 0.1) is 5.92 Å². The highest BCUT2D eigenvalue weighted by atomic mass is 15.2. The third-order valence-electron chi connectivity index (χ3n) is 4.78. The maximum absolute atomic E-state index is 5.73. The van der Waals surface area contributed by atoms with Crippen molar-refractivity contribution in [3.63, 3.8) is 0 Å². The Hall–Kier alpha value is -1.02. The van der Waals surface area contributed by atoms with Crippen molar-refractivity contribution in [3.05, 3.63) is 29.8 Å². The number of nitrogens with zero attached hydrogens (tertiary/aromatic N) is 1. The molecule has 2 nitrogen and oxygen atoms in total. The monoisotopic (exact) mass is 244 g/mol. The molecule has 1 aromatic rings. The van der Waals surface area contributed by atoms with E-state index in [0.717, 1.165) is 17.6 Å². The highest BCUT2D eigenvalue weighted by Gasteiger charge is 2.34. The lowest BCUT2D eigenvalue weighted by Crippen LogP contribution is -2.43. The number of nitrogens with two attached hydrogens (primary N) is 1. The first kappa shape index (κ1) is 12.0. The van der Waals surface area contributed by atoms with Crippen LogP contribution in [0.4, 0.5) is 5.69 Å². The Bertz CT molecular complexity index is 385. The predicted molar refractivity (Wildman–Crippen MR) is 76.5 cm³/mol. The van der Waals surface area contributed by atoms with Gasteiger partial charge in [0, 0.05) is 18.3 Å². The second-order valence-corrected chi connectivity index (χ2v) is 5.93. The minimum absolute atomic E-state index is 0.868. The molecule has 18 heavy (non-hydrogen) atoms. The Morgan fingerprint density at radius 2 is 1.83 bits per heavy atom. The summed E-state index contributed by atoms with van der Waals surface area (Å²) in [6, 6.07) is 9.28. The fourth-order valence-corrected chi connectivity index (χ4v) is 3.79. The van der Waals surface area contributed by atoms with Gasteiger partial charge in [0.15, 0.2) is 0 Å². The second-order valence-electron chi connectivity index (χ2n) is 5.93. The summed E-state index contributed by atoms with van der Waals surface area (Å²) < 4.78 is 0. The van der Waals surface area contributed by atoms with Crippen LogP contribution in [0.15, 0.2) is 24.3 Å². The summed E-state index contributed by atoms with van der Waals surface area (Å²) in [6.07, 6.45) is 8.42. The summed E-state index contributed by atoms with van der Waals surface area (Å²) in [5.74, 6) is 1.00. The highest BCUT2D eigenvalue weighted by molar-refractivity contribution is 5.39. The summed E-state index contributed by atoms with van der Waals surface area (Å²) in [5.41, 5.74) is 8.01. The lowest BCUT2D eigenvalue weighted by atomic mass is 9.91. The molecule has 2 fully saturated rings. The first-order chi connectivity index (χ1) is 8.83. The summed E-state index contributed by atoms with van der Waals surface area (Å²) in [4.78, 5) is 2.75. The summed E-state index contributed by atoms with van der Waals surface area (Å²) in [5, 5.41) is 0. The van der Waals surface area contributed by atoms with Crippen molar-refractivity contribution in [2.24, 2.45) is 5.92 Å². The largest absolute Gasteiger partial charge is 0.399 e. The zero-order chi connectivity index (χ0) is 12.4. The molecule has 1 aliphatic heterocycles. The molecule has 98 valence electrons. The van der Waals surface area contributed by atoms with Crippen molar-refractivity contribution in [2.45, 2.75) is 44.6 Å². The van der Waals surface area contributed by atoms with Gasteiger partial charge in [0.05, 0.1) is 0 Å². The molecule has 2 unspecified atom stereocenters. The molecule has 0 radical (unpaired) electrons. The van der Waals surface area contributed by atoms with E-state index in [9.17, 15) is 0 Å². The van der Waals surface area contributed by atoms with Crippen LogP contribution < -0.4 is 5.73 Å². The van der Waals surface area contributed by atoms with Gasteiger partial charge in [0.1, 0.15) is 0 Å². The molecule has 1 saturated carbocycles. The molecule has 1 aromatic carbocycles. The molecule has 2 heteroatoms. The first-order valence-corrected chi connectivity index (χ1v) is 7.41. The number of piperidine rings is 1. The molecular formula is C16H24N2. The van der Waals surface area contributed by atoms with Crippen LogP contribution in [0.1, 0.15) is 37.7 Å². The number of benzene rings is 1. The molecule has 0 aromatic heterocycles. The Morgan fingerprint density at radius 3 is 2.67 bits per heavy atom. The fourth-order valence-electron chi connectivity index (χ4n) is 3.79. The topological polar surface area (TPSA) is 29.3 Å². The molecule has 1 heterocycles. The quantitative estimate of drug-likeness (QED) is 0.828.